The Balaban J connectivity index is 2.75. The zero-order valence-electron chi connectivity index (χ0n) is 12.3. The van der Waals surface area contributed by atoms with Gasteiger partial charge < -0.3 is 9.47 Å². The van der Waals surface area contributed by atoms with E-state index in [1.807, 2.05) is 26.0 Å². The Morgan fingerprint density at radius 3 is 2.58 bits per heavy atom. The third kappa shape index (κ3) is 2.50. The Morgan fingerprint density at radius 2 is 2.00 bits per heavy atom. The van der Waals surface area contributed by atoms with E-state index < -0.39 is 0 Å². The van der Waals surface area contributed by atoms with Crippen molar-refractivity contribution in [3.63, 3.8) is 0 Å². The monoisotopic (exact) mass is 259 g/mol. The highest BCUT2D eigenvalue weighted by Gasteiger charge is 2.13. The van der Waals surface area contributed by atoms with Crippen molar-refractivity contribution >= 4 is 10.9 Å². The Bertz CT molecular complexity index is 591. The maximum atomic E-state index is 5.58. The van der Waals surface area contributed by atoms with Crippen molar-refractivity contribution in [2.45, 2.75) is 33.6 Å². The molecule has 0 saturated heterocycles. The van der Waals surface area contributed by atoms with Crippen LogP contribution in [0.5, 0.6) is 11.6 Å². The quantitative estimate of drug-likeness (QED) is 0.829. The molecule has 2 aromatic rings. The summed E-state index contributed by atoms with van der Waals surface area (Å²) in [5.41, 5.74) is 3.29. The van der Waals surface area contributed by atoms with Crippen LogP contribution in [-0.4, -0.2) is 18.7 Å². The fraction of sp³-hybridized carbons (Fsp3) is 0.438. The summed E-state index contributed by atoms with van der Waals surface area (Å²) in [6.07, 6.45) is 0. The molecule has 3 heteroatoms. The summed E-state index contributed by atoms with van der Waals surface area (Å²) in [6.45, 7) is 9.00. The molecule has 1 aromatic carbocycles. The normalized spacial score (nSPS) is 11.1. The molecule has 3 nitrogen and oxygen atoms in total. The minimum Gasteiger partial charge on any atom is -0.496 e. The molecule has 19 heavy (non-hydrogen) atoms. The number of nitrogens with zero attached hydrogens (tertiary/aromatic N) is 1. The van der Waals surface area contributed by atoms with Gasteiger partial charge in [-0.05, 0) is 37.5 Å². The maximum absolute atomic E-state index is 5.58. The van der Waals surface area contributed by atoms with E-state index in [0.717, 1.165) is 16.8 Å². The summed E-state index contributed by atoms with van der Waals surface area (Å²) in [6, 6.07) is 6.13. The fourth-order valence-corrected chi connectivity index (χ4v) is 2.33. The highest BCUT2D eigenvalue weighted by molar-refractivity contribution is 5.87. The molecule has 0 spiro atoms. The topological polar surface area (TPSA) is 31.4 Å². The van der Waals surface area contributed by atoms with Crippen molar-refractivity contribution in [2.75, 3.05) is 13.7 Å². The van der Waals surface area contributed by atoms with Crippen LogP contribution >= 0.6 is 0 Å². The number of hydrogen-bond acceptors (Lipinski definition) is 3. The molecular formula is C16H21NO2. The maximum Gasteiger partial charge on any atom is 0.214 e. The van der Waals surface area contributed by atoms with Crippen molar-refractivity contribution in [1.82, 2.24) is 4.98 Å². The lowest BCUT2D eigenvalue weighted by Gasteiger charge is -2.15. The number of hydrogen-bond donors (Lipinski definition) is 0. The van der Waals surface area contributed by atoms with Gasteiger partial charge in [0.15, 0.2) is 0 Å². The summed E-state index contributed by atoms with van der Waals surface area (Å²) in [4.78, 5) is 4.61. The molecule has 102 valence electrons. The van der Waals surface area contributed by atoms with Crippen LogP contribution in [0.15, 0.2) is 18.2 Å². The Kier molecular flexibility index (Phi) is 3.93. The molecule has 0 fully saturated rings. The Morgan fingerprint density at radius 1 is 1.26 bits per heavy atom. The lowest BCUT2D eigenvalue weighted by Crippen LogP contribution is -2.00. The molecule has 2 rings (SSSR count). The van der Waals surface area contributed by atoms with Crippen LogP contribution in [-0.2, 0) is 0 Å². The number of pyridine rings is 1. The molecule has 0 aliphatic carbocycles. The van der Waals surface area contributed by atoms with E-state index in [2.05, 4.69) is 24.9 Å². The molecule has 0 atom stereocenters. The average molecular weight is 259 g/mol. The molecule has 1 aromatic heterocycles. The van der Waals surface area contributed by atoms with Crippen molar-refractivity contribution < 1.29 is 9.47 Å². The average Bonchev–Trinajstić information content (AvgIpc) is 2.39. The second kappa shape index (κ2) is 5.47. The number of aromatic nitrogens is 1. The lowest BCUT2D eigenvalue weighted by atomic mass is 9.97. The minimum atomic E-state index is 0.428. The first kappa shape index (κ1) is 13.7. The molecule has 0 unspecified atom stereocenters. The van der Waals surface area contributed by atoms with Gasteiger partial charge in [0.1, 0.15) is 5.75 Å². The zero-order chi connectivity index (χ0) is 14.0. The van der Waals surface area contributed by atoms with Gasteiger partial charge in [0.25, 0.3) is 0 Å². The summed E-state index contributed by atoms with van der Waals surface area (Å²) in [5.74, 6) is 1.98. The number of aryl methyl sites for hydroxylation is 1. The predicted octanol–water partition coefficient (Wildman–Crippen LogP) is 4.07. The van der Waals surface area contributed by atoms with Crippen LogP contribution in [0.3, 0.4) is 0 Å². The van der Waals surface area contributed by atoms with E-state index >= 15 is 0 Å². The first-order chi connectivity index (χ1) is 9.08. The van der Waals surface area contributed by atoms with Gasteiger partial charge in [-0.1, -0.05) is 13.8 Å². The third-order valence-electron chi connectivity index (χ3n) is 3.33. The van der Waals surface area contributed by atoms with Gasteiger partial charge in [0.2, 0.25) is 5.88 Å². The highest BCUT2D eigenvalue weighted by Crippen LogP contribution is 2.33. The van der Waals surface area contributed by atoms with E-state index in [-0.39, 0.29) is 0 Å². The number of fused-ring (bicyclic) bond motifs is 1. The molecule has 0 aliphatic heterocycles. The van der Waals surface area contributed by atoms with Gasteiger partial charge in [-0.2, -0.15) is 0 Å². The van der Waals surface area contributed by atoms with Gasteiger partial charge in [0.05, 0.1) is 19.2 Å². The third-order valence-corrected chi connectivity index (χ3v) is 3.33. The van der Waals surface area contributed by atoms with E-state index in [0.29, 0.717) is 18.4 Å². The Labute approximate surface area is 114 Å². The largest absolute Gasteiger partial charge is 0.496 e. The van der Waals surface area contributed by atoms with Crippen molar-refractivity contribution in [3.8, 4) is 11.6 Å². The van der Waals surface area contributed by atoms with E-state index in [4.69, 9.17) is 9.47 Å². The number of rotatable bonds is 4. The van der Waals surface area contributed by atoms with Crippen LogP contribution in [0.1, 0.15) is 37.8 Å². The second-order valence-electron chi connectivity index (χ2n) is 4.93. The standard InChI is InChI=1S/C16H21NO2/c1-6-19-15-9-13(10(2)3)12-7-8-14(18-5)11(4)16(12)17-15/h7-10H,6H2,1-5H3. The molecule has 0 radical (unpaired) electrons. The van der Waals surface area contributed by atoms with Gasteiger partial charge in [0, 0.05) is 17.0 Å². The van der Waals surface area contributed by atoms with Crippen LogP contribution < -0.4 is 9.47 Å². The fourth-order valence-electron chi connectivity index (χ4n) is 2.33. The molecule has 0 saturated carbocycles. The van der Waals surface area contributed by atoms with Crippen molar-refractivity contribution in [1.29, 1.82) is 0 Å². The first-order valence-corrected chi connectivity index (χ1v) is 6.69. The molecule has 0 N–H and O–H groups in total. The number of benzene rings is 1. The lowest BCUT2D eigenvalue weighted by molar-refractivity contribution is 0.327. The molecular weight excluding hydrogens is 238 g/mol. The van der Waals surface area contributed by atoms with E-state index in [1.54, 1.807) is 7.11 Å². The van der Waals surface area contributed by atoms with Crippen LogP contribution in [0, 0.1) is 6.92 Å². The van der Waals surface area contributed by atoms with E-state index in [9.17, 15) is 0 Å². The summed E-state index contributed by atoms with van der Waals surface area (Å²) in [7, 11) is 1.68. The first-order valence-electron chi connectivity index (χ1n) is 6.69. The van der Waals surface area contributed by atoms with Crippen LogP contribution in [0.2, 0.25) is 0 Å². The smallest absolute Gasteiger partial charge is 0.214 e. The van der Waals surface area contributed by atoms with Gasteiger partial charge in [-0.3, -0.25) is 0 Å². The second-order valence-corrected chi connectivity index (χ2v) is 4.93. The number of methoxy groups -OCH3 is 1. The molecule has 1 heterocycles. The molecule has 0 bridgehead atoms. The number of ether oxygens (including phenoxy) is 2. The Hall–Kier alpha value is -1.77. The van der Waals surface area contributed by atoms with Crippen molar-refractivity contribution in [2.24, 2.45) is 0 Å². The van der Waals surface area contributed by atoms with Crippen LogP contribution in [0.4, 0.5) is 0 Å². The van der Waals surface area contributed by atoms with Gasteiger partial charge >= 0.3 is 0 Å². The van der Waals surface area contributed by atoms with Gasteiger partial charge in [-0.25, -0.2) is 4.98 Å². The summed E-state index contributed by atoms with van der Waals surface area (Å²) in [5, 5.41) is 1.18. The SMILES string of the molecule is CCOc1cc(C(C)C)c2ccc(OC)c(C)c2n1. The van der Waals surface area contributed by atoms with E-state index in [1.165, 1.54) is 10.9 Å². The minimum absolute atomic E-state index is 0.428. The van der Waals surface area contributed by atoms with Crippen molar-refractivity contribution in [3.05, 3.63) is 29.3 Å². The predicted molar refractivity (Wildman–Crippen MR) is 78.3 cm³/mol. The summed E-state index contributed by atoms with van der Waals surface area (Å²) >= 11 is 0. The highest BCUT2D eigenvalue weighted by atomic mass is 16.5. The van der Waals surface area contributed by atoms with Crippen LogP contribution in [0.25, 0.3) is 10.9 Å². The molecule has 0 amide bonds. The molecule has 0 aliphatic rings. The van der Waals surface area contributed by atoms with Gasteiger partial charge in [-0.15, -0.1) is 0 Å². The zero-order valence-corrected chi connectivity index (χ0v) is 12.3. The summed E-state index contributed by atoms with van der Waals surface area (Å²) < 4.78 is 11.0.